The number of nitrogens with zero attached hydrogens (tertiary/aromatic N) is 3. The van der Waals surface area contributed by atoms with Crippen molar-refractivity contribution in [3.8, 4) is 0 Å². The SMILES string of the molecule is Cc1ccc(N2C(=O)/C(=C/c3ccccc3)N=C2N2CCCCC2)cc1. The van der Waals surface area contributed by atoms with Crippen molar-refractivity contribution in [3.05, 3.63) is 71.4 Å². The van der Waals surface area contributed by atoms with Crippen LogP contribution in [0.5, 0.6) is 0 Å². The van der Waals surface area contributed by atoms with Crippen LogP contribution in [0.2, 0.25) is 0 Å². The molecule has 2 aliphatic heterocycles. The normalized spacial score (nSPS) is 19.2. The number of hydrogen-bond acceptors (Lipinski definition) is 3. The maximum Gasteiger partial charge on any atom is 0.283 e. The third-order valence-electron chi connectivity index (χ3n) is 4.88. The Bertz CT molecular complexity index is 847. The van der Waals surface area contributed by atoms with Crippen LogP contribution in [0.15, 0.2) is 65.3 Å². The van der Waals surface area contributed by atoms with Gasteiger partial charge < -0.3 is 4.90 Å². The number of anilines is 1. The highest BCUT2D eigenvalue weighted by atomic mass is 16.2. The Kier molecular flexibility index (Phi) is 4.57. The largest absolute Gasteiger partial charge is 0.342 e. The summed E-state index contributed by atoms with van der Waals surface area (Å²) in [6, 6.07) is 18.0. The van der Waals surface area contributed by atoms with Crippen LogP contribution in [0.4, 0.5) is 5.69 Å². The standard InChI is InChI=1S/C22H23N3O/c1-17-10-12-19(13-11-17)25-21(26)20(16-18-8-4-2-5-9-18)23-22(25)24-14-6-3-7-15-24/h2,4-5,8-13,16H,3,6-7,14-15H2,1H3/b20-16-. The van der Waals surface area contributed by atoms with E-state index in [-0.39, 0.29) is 5.91 Å². The Labute approximate surface area is 154 Å². The van der Waals surface area contributed by atoms with Crippen LogP contribution in [-0.4, -0.2) is 29.9 Å². The molecule has 4 rings (SSSR count). The van der Waals surface area contributed by atoms with Gasteiger partial charge in [-0.3, -0.25) is 4.79 Å². The number of hydrogen-bond donors (Lipinski definition) is 0. The molecule has 0 unspecified atom stereocenters. The van der Waals surface area contributed by atoms with Crippen molar-refractivity contribution in [3.63, 3.8) is 0 Å². The summed E-state index contributed by atoms with van der Waals surface area (Å²) < 4.78 is 0. The number of rotatable bonds is 2. The Morgan fingerprint density at radius 1 is 0.923 bits per heavy atom. The topological polar surface area (TPSA) is 35.9 Å². The fraction of sp³-hybridized carbons (Fsp3) is 0.273. The first-order valence-corrected chi connectivity index (χ1v) is 9.24. The molecule has 0 aromatic heterocycles. The zero-order valence-electron chi connectivity index (χ0n) is 15.1. The van der Waals surface area contributed by atoms with Crippen molar-refractivity contribution >= 4 is 23.6 Å². The monoisotopic (exact) mass is 345 g/mol. The first kappa shape index (κ1) is 16.6. The number of piperidine rings is 1. The lowest BCUT2D eigenvalue weighted by Crippen LogP contribution is -2.46. The van der Waals surface area contributed by atoms with Crippen LogP contribution in [0.25, 0.3) is 6.08 Å². The fourth-order valence-electron chi connectivity index (χ4n) is 3.44. The van der Waals surface area contributed by atoms with E-state index in [9.17, 15) is 4.79 Å². The number of likely N-dealkylation sites (tertiary alicyclic amines) is 1. The van der Waals surface area contributed by atoms with Gasteiger partial charge in [-0.2, -0.15) is 0 Å². The average Bonchev–Trinajstić information content (AvgIpc) is 3.00. The smallest absolute Gasteiger partial charge is 0.283 e. The quantitative estimate of drug-likeness (QED) is 0.764. The lowest BCUT2D eigenvalue weighted by molar-refractivity contribution is -0.113. The molecule has 4 heteroatoms. The molecule has 0 N–H and O–H groups in total. The molecule has 0 saturated carbocycles. The first-order chi connectivity index (χ1) is 12.7. The highest BCUT2D eigenvalue weighted by Crippen LogP contribution is 2.28. The Morgan fingerprint density at radius 2 is 1.62 bits per heavy atom. The molecule has 0 bridgehead atoms. The summed E-state index contributed by atoms with van der Waals surface area (Å²) in [5, 5.41) is 0. The van der Waals surface area contributed by atoms with Gasteiger partial charge in [-0.05, 0) is 50.0 Å². The second-order valence-electron chi connectivity index (χ2n) is 6.88. The van der Waals surface area contributed by atoms with Crippen LogP contribution < -0.4 is 4.90 Å². The van der Waals surface area contributed by atoms with Crippen LogP contribution >= 0.6 is 0 Å². The van der Waals surface area contributed by atoms with Gasteiger partial charge in [0, 0.05) is 13.1 Å². The van der Waals surface area contributed by atoms with Crippen molar-refractivity contribution in [2.24, 2.45) is 4.99 Å². The molecule has 26 heavy (non-hydrogen) atoms. The number of guanidine groups is 1. The van der Waals surface area contributed by atoms with Crippen molar-refractivity contribution in [1.82, 2.24) is 4.90 Å². The molecule has 0 spiro atoms. The molecule has 2 aliphatic rings. The third-order valence-corrected chi connectivity index (χ3v) is 4.88. The molecule has 1 fully saturated rings. The summed E-state index contributed by atoms with van der Waals surface area (Å²) in [6.07, 6.45) is 5.41. The van der Waals surface area contributed by atoms with E-state index >= 15 is 0 Å². The summed E-state index contributed by atoms with van der Waals surface area (Å²) in [6.45, 7) is 3.95. The van der Waals surface area contributed by atoms with Gasteiger partial charge in [0.25, 0.3) is 5.91 Å². The predicted octanol–water partition coefficient (Wildman–Crippen LogP) is 4.22. The summed E-state index contributed by atoms with van der Waals surface area (Å²) in [5.41, 5.74) is 3.54. The van der Waals surface area contributed by atoms with E-state index in [1.807, 2.05) is 60.7 Å². The van der Waals surface area contributed by atoms with Gasteiger partial charge in [0.05, 0.1) is 5.69 Å². The molecule has 0 aliphatic carbocycles. The van der Waals surface area contributed by atoms with Crippen LogP contribution in [0, 0.1) is 6.92 Å². The summed E-state index contributed by atoms with van der Waals surface area (Å²) in [4.78, 5) is 21.9. The minimum atomic E-state index is -0.0571. The van der Waals surface area contributed by atoms with Gasteiger partial charge in [-0.1, -0.05) is 48.0 Å². The molecule has 2 aromatic carbocycles. The number of benzene rings is 2. The maximum atomic E-state index is 13.2. The van der Waals surface area contributed by atoms with Crippen molar-refractivity contribution in [1.29, 1.82) is 0 Å². The van der Waals surface area contributed by atoms with Gasteiger partial charge in [0.15, 0.2) is 0 Å². The van der Waals surface area contributed by atoms with Gasteiger partial charge in [0.2, 0.25) is 5.96 Å². The van der Waals surface area contributed by atoms with Crippen molar-refractivity contribution in [2.45, 2.75) is 26.2 Å². The predicted molar refractivity (Wildman–Crippen MR) is 106 cm³/mol. The van der Waals surface area contributed by atoms with E-state index in [2.05, 4.69) is 11.8 Å². The average molecular weight is 345 g/mol. The summed E-state index contributed by atoms with van der Waals surface area (Å²) in [7, 11) is 0. The number of carbonyl (C=O) groups is 1. The maximum absolute atomic E-state index is 13.2. The minimum absolute atomic E-state index is 0.0571. The zero-order chi connectivity index (χ0) is 17.9. The van der Waals surface area contributed by atoms with Gasteiger partial charge in [0.1, 0.15) is 5.70 Å². The molecule has 0 radical (unpaired) electrons. The number of amides is 1. The highest BCUT2D eigenvalue weighted by Gasteiger charge is 2.35. The second-order valence-corrected chi connectivity index (χ2v) is 6.88. The Morgan fingerprint density at radius 3 is 2.31 bits per heavy atom. The van der Waals surface area contributed by atoms with Crippen molar-refractivity contribution < 1.29 is 4.79 Å². The van der Waals surface area contributed by atoms with Gasteiger partial charge in [-0.25, -0.2) is 9.89 Å². The molecule has 0 atom stereocenters. The van der Waals surface area contributed by atoms with E-state index < -0.39 is 0 Å². The molecule has 4 nitrogen and oxygen atoms in total. The molecule has 1 saturated heterocycles. The molecular weight excluding hydrogens is 322 g/mol. The van der Waals surface area contributed by atoms with E-state index in [1.165, 1.54) is 12.0 Å². The van der Waals surface area contributed by atoms with E-state index in [0.717, 1.165) is 43.1 Å². The Hall–Kier alpha value is -2.88. The summed E-state index contributed by atoms with van der Waals surface area (Å²) >= 11 is 0. The van der Waals surface area contributed by atoms with Gasteiger partial charge >= 0.3 is 0 Å². The van der Waals surface area contributed by atoms with Gasteiger partial charge in [-0.15, -0.1) is 0 Å². The fourth-order valence-corrected chi connectivity index (χ4v) is 3.44. The number of aryl methyl sites for hydroxylation is 1. The van der Waals surface area contributed by atoms with Crippen LogP contribution in [0.3, 0.4) is 0 Å². The van der Waals surface area contributed by atoms with Crippen molar-refractivity contribution in [2.75, 3.05) is 18.0 Å². The first-order valence-electron chi connectivity index (χ1n) is 9.24. The van der Waals surface area contributed by atoms with E-state index in [0.29, 0.717) is 5.70 Å². The zero-order valence-corrected chi connectivity index (χ0v) is 15.1. The van der Waals surface area contributed by atoms with Crippen LogP contribution in [0.1, 0.15) is 30.4 Å². The Balaban J connectivity index is 1.73. The second kappa shape index (κ2) is 7.16. The van der Waals surface area contributed by atoms with E-state index in [1.54, 1.807) is 4.90 Å². The lowest BCUT2D eigenvalue weighted by Gasteiger charge is -2.32. The molecular formula is C22H23N3O. The third kappa shape index (κ3) is 3.27. The van der Waals surface area contributed by atoms with Crippen LogP contribution in [-0.2, 0) is 4.79 Å². The molecule has 1 amide bonds. The summed E-state index contributed by atoms with van der Waals surface area (Å²) in [5.74, 6) is 0.707. The number of aliphatic imine (C=N–C) groups is 1. The van der Waals surface area contributed by atoms with E-state index in [4.69, 9.17) is 4.99 Å². The molecule has 132 valence electrons. The molecule has 2 heterocycles. The molecule has 2 aromatic rings. The minimum Gasteiger partial charge on any atom is -0.342 e. The number of carbonyl (C=O) groups excluding carboxylic acids is 1. The lowest BCUT2D eigenvalue weighted by atomic mass is 10.1. The highest BCUT2D eigenvalue weighted by molar-refractivity contribution is 6.28.